The number of hydrogen-bond acceptors (Lipinski definition) is 2. The van der Waals surface area contributed by atoms with Gasteiger partial charge in [0, 0.05) is 19.3 Å². The molecule has 2 rings (SSSR count). The predicted octanol–water partition coefficient (Wildman–Crippen LogP) is 1.89. The number of halogens is 1. The average Bonchev–Trinajstić information content (AvgIpc) is 2.06. The molecule has 1 aliphatic heterocycles. The molecule has 0 unspecified atom stereocenters. The van der Waals surface area contributed by atoms with Gasteiger partial charge in [-0.15, -0.1) is 0 Å². The van der Waals surface area contributed by atoms with E-state index in [2.05, 4.69) is 4.98 Å². The molecule has 1 aromatic rings. The molecule has 1 fully saturated rings. The van der Waals surface area contributed by atoms with Crippen LogP contribution in [-0.4, -0.2) is 28.9 Å². The van der Waals surface area contributed by atoms with Gasteiger partial charge in [0.1, 0.15) is 5.15 Å². The minimum absolute atomic E-state index is 0.0588. The Morgan fingerprint density at radius 1 is 1.57 bits per heavy atom. The smallest absolute Gasteiger partial charge is 0.255 e. The molecule has 0 bridgehead atoms. The Balaban J connectivity index is 2.23. The summed E-state index contributed by atoms with van der Waals surface area (Å²) in [5.74, 6) is 0.0588. The molecule has 0 aromatic carbocycles. The highest BCUT2D eigenvalue weighted by Crippen LogP contribution is 2.16. The summed E-state index contributed by atoms with van der Waals surface area (Å²) in [5.41, 5.74) is 1.48. The Bertz CT molecular complexity index is 374. The second-order valence-corrected chi connectivity index (χ2v) is 3.84. The van der Waals surface area contributed by atoms with Gasteiger partial charge in [0.05, 0.1) is 5.56 Å². The van der Waals surface area contributed by atoms with E-state index in [4.69, 9.17) is 11.6 Å². The van der Waals surface area contributed by atoms with E-state index in [0.29, 0.717) is 10.7 Å². The molecule has 1 saturated heterocycles. The molecular weight excluding hydrogens is 200 g/mol. The minimum Gasteiger partial charge on any atom is -0.338 e. The van der Waals surface area contributed by atoms with E-state index >= 15 is 0 Å². The molecule has 1 amide bonds. The first kappa shape index (κ1) is 9.46. The van der Waals surface area contributed by atoms with Crippen LogP contribution in [0.3, 0.4) is 0 Å². The Labute approximate surface area is 87.7 Å². The van der Waals surface area contributed by atoms with Crippen molar-refractivity contribution in [3.8, 4) is 0 Å². The van der Waals surface area contributed by atoms with Gasteiger partial charge in [-0.25, -0.2) is 4.98 Å². The van der Waals surface area contributed by atoms with E-state index in [-0.39, 0.29) is 5.91 Å². The number of rotatable bonds is 1. The third-order valence-corrected chi connectivity index (χ3v) is 2.80. The van der Waals surface area contributed by atoms with E-state index in [1.165, 1.54) is 6.20 Å². The lowest BCUT2D eigenvalue weighted by atomic mass is 10.1. The van der Waals surface area contributed by atoms with Crippen LogP contribution >= 0.6 is 11.6 Å². The highest BCUT2D eigenvalue weighted by Gasteiger charge is 2.21. The largest absolute Gasteiger partial charge is 0.338 e. The molecule has 1 aromatic heterocycles. The van der Waals surface area contributed by atoms with Crippen LogP contribution in [0.2, 0.25) is 5.15 Å². The second-order valence-electron chi connectivity index (χ2n) is 3.48. The van der Waals surface area contributed by atoms with E-state index < -0.39 is 0 Å². The van der Waals surface area contributed by atoms with Gasteiger partial charge in [-0.2, -0.15) is 0 Å². The lowest BCUT2D eigenvalue weighted by molar-refractivity contribution is 0.0651. The summed E-state index contributed by atoms with van der Waals surface area (Å²) < 4.78 is 0. The zero-order valence-electron chi connectivity index (χ0n) is 7.96. The topological polar surface area (TPSA) is 33.2 Å². The number of carbonyl (C=O) groups is 1. The lowest BCUT2D eigenvalue weighted by Crippen LogP contribution is -2.42. The number of pyridine rings is 1. The molecule has 3 nitrogen and oxygen atoms in total. The number of aromatic nitrogens is 1. The van der Waals surface area contributed by atoms with Crippen LogP contribution in [0.4, 0.5) is 0 Å². The normalized spacial score (nSPS) is 15.1. The average molecular weight is 211 g/mol. The molecule has 0 radical (unpaired) electrons. The molecule has 1 aliphatic rings. The van der Waals surface area contributed by atoms with Gasteiger partial charge in [-0.1, -0.05) is 11.6 Å². The van der Waals surface area contributed by atoms with E-state index in [1.54, 1.807) is 6.07 Å². The monoisotopic (exact) mass is 210 g/mol. The Kier molecular flexibility index (Phi) is 2.42. The molecule has 14 heavy (non-hydrogen) atoms. The summed E-state index contributed by atoms with van der Waals surface area (Å²) >= 11 is 5.78. The molecule has 0 spiro atoms. The van der Waals surface area contributed by atoms with Crippen LogP contribution < -0.4 is 0 Å². The summed E-state index contributed by atoms with van der Waals surface area (Å²) in [7, 11) is 0. The van der Waals surface area contributed by atoms with Gasteiger partial charge >= 0.3 is 0 Å². The first-order chi connectivity index (χ1) is 6.68. The van der Waals surface area contributed by atoms with Crippen LogP contribution in [0.15, 0.2) is 12.3 Å². The Morgan fingerprint density at radius 2 is 2.29 bits per heavy atom. The molecule has 2 heterocycles. The van der Waals surface area contributed by atoms with Crippen LogP contribution in [0.5, 0.6) is 0 Å². The SMILES string of the molecule is Cc1cc(C(=O)N2CCC2)cnc1Cl. The summed E-state index contributed by atoms with van der Waals surface area (Å²) in [6, 6.07) is 1.79. The van der Waals surface area contributed by atoms with E-state index in [0.717, 1.165) is 25.1 Å². The van der Waals surface area contributed by atoms with E-state index in [1.807, 2.05) is 11.8 Å². The van der Waals surface area contributed by atoms with Crippen molar-refractivity contribution in [3.05, 3.63) is 28.5 Å². The summed E-state index contributed by atoms with van der Waals surface area (Å²) in [5, 5.41) is 0.463. The van der Waals surface area contributed by atoms with Crippen molar-refractivity contribution in [2.75, 3.05) is 13.1 Å². The van der Waals surface area contributed by atoms with Crippen molar-refractivity contribution in [1.29, 1.82) is 0 Å². The number of carbonyl (C=O) groups excluding carboxylic acids is 1. The maximum absolute atomic E-state index is 11.7. The first-order valence-corrected chi connectivity index (χ1v) is 4.97. The molecule has 0 saturated carbocycles. The molecule has 0 N–H and O–H groups in total. The molecular formula is C10H11ClN2O. The minimum atomic E-state index is 0.0588. The van der Waals surface area contributed by atoms with Gasteiger partial charge in [0.25, 0.3) is 5.91 Å². The third-order valence-electron chi connectivity index (χ3n) is 2.40. The van der Waals surface area contributed by atoms with Gasteiger partial charge in [0.15, 0.2) is 0 Å². The maximum Gasteiger partial charge on any atom is 0.255 e. The third kappa shape index (κ3) is 1.60. The van der Waals surface area contributed by atoms with E-state index in [9.17, 15) is 4.79 Å². The summed E-state index contributed by atoms with van der Waals surface area (Å²) in [6.45, 7) is 3.57. The number of nitrogens with zero attached hydrogens (tertiary/aromatic N) is 2. The zero-order chi connectivity index (χ0) is 10.1. The predicted molar refractivity (Wildman–Crippen MR) is 54.5 cm³/mol. The molecule has 4 heteroatoms. The van der Waals surface area contributed by atoms with Gasteiger partial charge in [-0.05, 0) is 25.0 Å². The van der Waals surface area contributed by atoms with Crippen molar-refractivity contribution in [1.82, 2.24) is 9.88 Å². The molecule has 0 atom stereocenters. The highest BCUT2D eigenvalue weighted by atomic mass is 35.5. The Morgan fingerprint density at radius 3 is 2.79 bits per heavy atom. The summed E-state index contributed by atoms with van der Waals surface area (Å²) in [4.78, 5) is 17.5. The quantitative estimate of drug-likeness (QED) is 0.664. The van der Waals surface area contributed by atoms with Crippen LogP contribution in [0.1, 0.15) is 22.3 Å². The number of aryl methyl sites for hydroxylation is 1. The number of hydrogen-bond donors (Lipinski definition) is 0. The number of amides is 1. The highest BCUT2D eigenvalue weighted by molar-refractivity contribution is 6.30. The van der Waals surface area contributed by atoms with Gasteiger partial charge in [0.2, 0.25) is 0 Å². The fourth-order valence-electron chi connectivity index (χ4n) is 1.38. The van der Waals surface area contributed by atoms with Crippen molar-refractivity contribution < 1.29 is 4.79 Å². The standard InChI is InChI=1S/C10H11ClN2O/c1-7-5-8(6-12-9(7)11)10(14)13-3-2-4-13/h5-6H,2-4H2,1H3. The van der Waals surface area contributed by atoms with Gasteiger partial charge < -0.3 is 4.90 Å². The number of likely N-dealkylation sites (tertiary alicyclic amines) is 1. The molecule has 0 aliphatic carbocycles. The maximum atomic E-state index is 11.7. The van der Waals surface area contributed by atoms with Crippen molar-refractivity contribution in [3.63, 3.8) is 0 Å². The van der Waals surface area contributed by atoms with Crippen molar-refractivity contribution in [2.24, 2.45) is 0 Å². The lowest BCUT2D eigenvalue weighted by Gasteiger charge is -2.30. The Hall–Kier alpha value is -1.09. The van der Waals surface area contributed by atoms with Gasteiger partial charge in [-0.3, -0.25) is 4.79 Å². The van der Waals surface area contributed by atoms with Crippen LogP contribution in [-0.2, 0) is 0 Å². The summed E-state index contributed by atoms with van der Waals surface area (Å²) in [6.07, 6.45) is 2.64. The van der Waals surface area contributed by atoms with Crippen molar-refractivity contribution >= 4 is 17.5 Å². The fraction of sp³-hybridized carbons (Fsp3) is 0.400. The first-order valence-electron chi connectivity index (χ1n) is 4.60. The fourth-order valence-corrected chi connectivity index (χ4v) is 1.48. The van der Waals surface area contributed by atoms with Crippen LogP contribution in [0.25, 0.3) is 0 Å². The molecule has 74 valence electrons. The second kappa shape index (κ2) is 3.58. The van der Waals surface area contributed by atoms with Crippen LogP contribution in [0, 0.1) is 6.92 Å². The van der Waals surface area contributed by atoms with Crippen molar-refractivity contribution in [2.45, 2.75) is 13.3 Å². The zero-order valence-corrected chi connectivity index (χ0v) is 8.71.